The molecule has 36 heavy (non-hydrogen) atoms. The highest BCUT2D eigenvalue weighted by Gasteiger charge is 2.31. The van der Waals surface area contributed by atoms with Crippen molar-refractivity contribution in [1.82, 2.24) is 20.0 Å². The fraction of sp³-hybridized carbons (Fsp3) is 0.250. The SMILES string of the molecule is CCn1nc(-c2ccc3c(c2)CCN3C(=O)Cc2ccc(OC(F)(F)F)cc2)c2c(N)n[nH]c(=O)c21. The van der Waals surface area contributed by atoms with E-state index in [4.69, 9.17) is 5.73 Å². The van der Waals surface area contributed by atoms with Gasteiger partial charge in [0.15, 0.2) is 5.82 Å². The zero-order valence-electron chi connectivity index (χ0n) is 19.1. The molecule has 0 saturated carbocycles. The zero-order valence-corrected chi connectivity index (χ0v) is 19.1. The van der Waals surface area contributed by atoms with Crippen LogP contribution in [0.15, 0.2) is 47.3 Å². The maximum Gasteiger partial charge on any atom is 0.573 e. The molecule has 0 spiro atoms. The molecule has 0 bridgehead atoms. The van der Waals surface area contributed by atoms with Crippen LogP contribution in [0.3, 0.4) is 0 Å². The van der Waals surface area contributed by atoms with E-state index >= 15 is 0 Å². The lowest BCUT2D eigenvalue weighted by Crippen LogP contribution is -2.30. The van der Waals surface area contributed by atoms with Gasteiger partial charge in [0.2, 0.25) is 5.91 Å². The second kappa shape index (κ2) is 8.70. The van der Waals surface area contributed by atoms with Crippen LogP contribution in [0, 0.1) is 0 Å². The molecule has 3 heterocycles. The van der Waals surface area contributed by atoms with E-state index in [2.05, 4.69) is 20.0 Å². The second-order valence-electron chi connectivity index (χ2n) is 8.33. The first-order valence-electron chi connectivity index (χ1n) is 11.2. The lowest BCUT2D eigenvalue weighted by Gasteiger charge is -2.18. The van der Waals surface area contributed by atoms with Gasteiger partial charge in [-0.2, -0.15) is 10.2 Å². The highest BCUT2D eigenvalue weighted by atomic mass is 19.4. The van der Waals surface area contributed by atoms with E-state index in [-0.39, 0.29) is 29.5 Å². The van der Waals surface area contributed by atoms with Gasteiger partial charge in [-0.3, -0.25) is 14.3 Å². The Balaban J connectivity index is 1.39. The summed E-state index contributed by atoms with van der Waals surface area (Å²) in [7, 11) is 0. The van der Waals surface area contributed by atoms with Crippen LogP contribution in [0.25, 0.3) is 22.2 Å². The maximum atomic E-state index is 13.0. The molecule has 4 aromatic rings. The second-order valence-corrected chi connectivity index (χ2v) is 8.33. The number of rotatable bonds is 5. The number of anilines is 2. The molecule has 0 unspecified atom stereocenters. The summed E-state index contributed by atoms with van der Waals surface area (Å²) < 4.78 is 42.5. The van der Waals surface area contributed by atoms with Gasteiger partial charge in [-0.15, -0.1) is 13.2 Å². The predicted molar refractivity (Wildman–Crippen MR) is 127 cm³/mol. The first kappa shape index (κ1) is 23.4. The number of aromatic amines is 1. The van der Waals surface area contributed by atoms with E-state index in [9.17, 15) is 22.8 Å². The number of alkyl halides is 3. The molecule has 2 aromatic carbocycles. The largest absolute Gasteiger partial charge is 0.573 e. The number of carbonyl (C=O) groups is 1. The van der Waals surface area contributed by atoms with Crippen LogP contribution in [0.1, 0.15) is 18.1 Å². The molecular weight excluding hydrogens is 477 g/mol. The fourth-order valence-corrected chi connectivity index (χ4v) is 4.47. The number of carbonyl (C=O) groups excluding carboxylic acids is 1. The monoisotopic (exact) mass is 498 g/mol. The van der Waals surface area contributed by atoms with Crippen molar-refractivity contribution < 1.29 is 22.7 Å². The first-order chi connectivity index (χ1) is 17.1. The number of nitrogens with two attached hydrogens (primary N) is 1. The molecule has 5 rings (SSSR count). The lowest BCUT2D eigenvalue weighted by molar-refractivity contribution is -0.274. The minimum absolute atomic E-state index is 0.0318. The fourth-order valence-electron chi connectivity index (χ4n) is 4.47. The number of nitrogen functional groups attached to an aromatic ring is 1. The molecule has 2 aromatic heterocycles. The van der Waals surface area contributed by atoms with Crippen molar-refractivity contribution in [1.29, 1.82) is 0 Å². The van der Waals surface area contributed by atoms with Crippen LogP contribution >= 0.6 is 0 Å². The zero-order chi connectivity index (χ0) is 25.6. The number of nitrogens with one attached hydrogen (secondary N) is 1. The Morgan fingerprint density at radius 3 is 2.64 bits per heavy atom. The number of aromatic nitrogens is 4. The Kier molecular flexibility index (Phi) is 5.65. The third kappa shape index (κ3) is 4.25. The van der Waals surface area contributed by atoms with E-state index in [1.54, 1.807) is 9.58 Å². The summed E-state index contributed by atoms with van der Waals surface area (Å²) in [5, 5.41) is 11.3. The third-order valence-corrected chi connectivity index (χ3v) is 6.06. The molecule has 3 N–H and O–H groups in total. The maximum absolute atomic E-state index is 13.0. The summed E-state index contributed by atoms with van der Waals surface area (Å²) >= 11 is 0. The van der Waals surface area contributed by atoms with E-state index in [0.29, 0.717) is 41.7 Å². The van der Waals surface area contributed by atoms with Crippen molar-refractivity contribution in [3.63, 3.8) is 0 Å². The molecule has 12 heteroatoms. The van der Waals surface area contributed by atoms with E-state index in [1.165, 1.54) is 24.3 Å². The average molecular weight is 498 g/mol. The molecule has 0 radical (unpaired) electrons. The number of benzene rings is 2. The van der Waals surface area contributed by atoms with Crippen molar-refractivity contribution in [2.75, 3.05) is 17.2 Å². The summed E-state index contributed by atoms with van der Waals surface area (Å²) in [6.45, 7) is 2.81. The summed E-state index contributed by atoms with van der Waals surface area (Å²) in [5.74, 6) is -0.344. The number of aryl methyl sites for hydroxylation is 1. The highest BCUT2D eigenvalue weighted by Crippen LogP contribution is 2.35. The minimum atomic E-state index is -4.77. The molecule has 1 aliphatic heterocycles. The minimum Gasteiger partial charge on any atom is -0.406 e. The topological polar surface area (TPSA) is 119 Å². The molecular formula is C24H21F3N6O3. The molecule has 0 atom stereocenters. The number of fused-ring (bicyclic) bond motifs is 2. The number of ether oxygens (including phenoxy) is 1. The van der Waals surface area contributed by atoms with Crippen LogP contribution in [0.5, 0.6) is 5.75 Å². The van der Waals surface area contributed by atoms with Gasteiger partial charge in [-0.1, -0.05) is 18.2 Å². The smallest absolute Gasteiger partial charge is 0.406 e. The van der Waals surface area contributed by atoms with E-state index in [1.807, 2.05) is 25.1 Å². The van der Waals surface area contributed by atoms with Crippen molar-refractivity contribution in [3.05, 3.63) is 63.9 Å². The number of hydrogen-bond donors (Lipinski definition) is 2. The first-order valence-corrected chi connectivity index (χ1v) is 11.2. The molecule has 0 saturated heterocycles. The van der Waals surface area contributed by atoms with Gasteiger partial charge >= 0.3 is 6.36 Å². The van der Waals surface area contributed by atoms with Gasteiger partial charge in [-0.25, -0.2) is 5.10 Å². The Labute approximate surface area is 202 Å². The molecule has 1 amide bonds. The Hall–Kier alpha value is -4.35. The van der Waals surface area contributed by atoms with Gasteiger partial charge in [0, 0.05) is 24.3 Å². The Morgan fingerprint density at radius 1 is 1.19 bits per heavy atom. The molecule has 1 aliphatic rings. The van der Waals surface area contributed by atoms with Gasteiger partial charge in [0.25, 0.3) is 5.56 Å². The molecule has 9 nitrogen and oxygen atoms in total. The third-order valence-electron chi connectivity index (χ3n) is 6.06. The van der Waals surface area contributed by atoms with Crippen molar-refractivity contribution in [2.45, 2.75) is 32.7 Å². The number of halogens is 3. The normalized spacial score (nSPS) is 13.3. The quantitative estimate of drug-likeness (QED) is 0.435. The van der Waals surface area contributed by atoms with Crippen LogP contribution in [-0.2, 0) is 24.2 Å². The predicted octanol–water partition coefficient (Wildman–Crippen LogP) is 3.42. The Bertz CT molecular complexity index is 1530. The van der Waals surface area contributed by atoms with Gasteiger partial charge < -0.3 is 15.4 Å². The standard InChI is InChI=1S/C24H21F3N6O3/c1-2-33-21-19(22(28)29-30-23(21)35)20(31-33)15-5-8-17-14(12-15)9-10-32(17)18(34)11-13-3-6-16(7-4-13)36-24(25,26)27/h3-8,12H,2,9-11H2,1H3,(H2,28,29)(H,30,35). The van der Waals surface area contributed by atoms with Crippen LogP contribution in [-0.4, -0.2) is 38.8 Å². The molecule has 0 fully saturated rings. The average Bonchev–Trinajstić information content (AvgIpc) is 3.44. The van der Waals surface area contributed by atoms with Crippen molar-refractivity contribution in [3.8, 4) is 17.0 Å². The summed E-state index contributed by atoms with van der Waals surface area (Å²) in [6, 6.07) is 10.8. The van der Waals surface area contributed by atoms with Crippen molar-refractivity contribution in [2.24, 2.45) is 0 Å². The van der Waals surface area contributed by atoms with E-state index < -0.39 is 6.36 Å². The number of hydrogen-bond acceptors (Lipinski definition) is 6. The van der Waals surface area contributed by atoms with Crippen molar-refractivity contribution >= 4 is 28.3 Å². The van der Waals surface area contributed by atoms with Gasteiger partial charge in [0.05, 0.1) is 11.8 Å². The van der Waals surface area contributed by atoms with Crippen LogP contribution in [0.4, 0.5) is 24.7 Å². The summed E-state index contributed by atoms with van der Waals surface area (Å²) in [5.41, 5.74) is 9.59. The number of nitrogens with zero attached hydrogens (tertiary/aromatic N) is 4. The van der Waals surface area contributed by atoms with Gasteiger partial charge in [0.1, 0.15) is 17.0 Å². The van der Waals surface area contributed by atoms with Crippen LogP contribution in [0.2, 0.25) is 0 Å². The number of H-pyrrole nitrogens is 1. The summed E-state index contributed by atoms with van der Waals surface area (Å²) in [4.78, 5) is 27.0. The summed E-state index contributed by atoms with van der Waals surface area (Å²) in [6.07, 6.45) is -4.12. The van der Waals surface area contributed by atoms with E-state index in [0.717, 1.165) is 16.8 Å². The number of amides is 1. The Morgan fingerprint density at radius 2 is 1.94 bits per heavy atom. The highest BCUT2D eigenvalue weighted by molar-refractivity contribution is 6.01. The molecule has 0 aliphatic carbocycles. The van der Waals surface area contributed by atoms with Gasteiger partial charge in [-0.05, 0) is 48.7 Å². The molecule has 186 valence electrons. The lowest BCUT2D eigenvalue weighted by atomic mass is 10.0. The van der Waals surface area contributed by atoms with Crippen LogP contribution < -0.4 is 20.9 Å².